The van der Waals surface area contributed by atoms with Gasteiger partial charge in [-0.05, 0) is 47.9 Å². The average molecular weight is 389 g/mol. The van der Waals surface area contributed by atoms with Gasteiger partial charge in [-0.3, -0.25) is 9.59 Å². The predicted molar refractivity (Wildman–Crippen MR) is 111 cm³/mol. The van der Waals surface area contributed by atoms with E-state index in [-0.39, 0.29) is 24.2 Å². The normalized spacial score (nSPS) is 15.2. The van der Waals surface area contributed by atoms with Gasteiger partial charge in [0.05, 0.1) is 5.57 Å². The summed E-state index contributed by atoms with van der Waals surface area (Å²) < 4.78 is 13.7. The van der Waals surface area contributed by atoms with Crippen molar-refractivity contribution in [1.29, 1.82) is 0 Å². The molecule has 4 N–H and O–H groups in total. The highest BCUT2D eigenvalue weighted by Crippen LogP contribution is 2.36. The van der Waals surface area contributed by atoms with E-state index in [1.807, 2.05) is 43.5 Å². The average Bonchev–Trinajstić information content (AvgIpc) is 3.21. The zero-order valence-electron chi connectivity index (χ0n) is 15.8. The maximum Gasteiger partial charge on any atom is 0.256 e. The number of nitrogens with one attached hydrogen (secondary N) is 2. The Labute approximate surface area is 167 Å². The highest BCUT2D eigenvalue weighted by atomic mass is 19.1. The second-order valence-electron chi connectivity index (χ2n) is 7.12. The van der Waals surface area contributed by atoms with Crippen molar-refractivity contribution in [3.8, 4) is 0 Å². The van der Waals surface area contributed by atoms with Crippen LogP contribution >= 0.6 is 0 Å². The summed E-state index contributed by atoms with van der Waals surface area (Å²) in [5, 5.41) is 2.75. The van der Waals surface area contributed by atoms with Gasteiger partial charge in [-0.2, -0.15) is 0 Å². The number of H-pyrrole nitrogens is 1. The monoisotopic (exact) mass is 389 g/mol. The third-order valence-electron chi connectivity index (χ3n) is 5.26. The minimum Gasteiger partial charge on any atom is -0.370 e. The fourth-order valence-electron chi connectivity index (χ4n) is 3.78. The van der Waals surface area contributed by atoms with Crippen LogP contribution in [0.2, 0.25) is 0 Å². The smallest absolute Gasteiger partial charge is 0.256 e. The highest BCUT2D eigenvalue weighted by molar-refractivity contribution is 6.34. The van der Waals surface area contributed by atoms with E-state index in [4.69, 9.17) is 5.73 Å². The molecule has 0 saturated heterocycles. The number of primary amides is 1. The summed E-state index contributed by atoms with van der Waals surface area (Å²) in [6, 6.07) is 13.9. The van der Waals surface area contributed by atoms with Gasteiger partial charge in [0, 0.05) is 35.5 Å². The van der Waals surface area contributed by atoms with Crippen LogP contribution in [-0.2, 0) is 9.59 Å². The Bertz CT molecular complexity index is 1130. The zero-order chi connectivity index (χ0) is 20.5. The number of aromatic nitrogens is 1. The number of anilines is 1. The first-order chi connectivity index (χ1) is 13.9. The molecule has 1 aliphatic rings. The molecule has 0 bridgehead atoms. The Hall–Kier alpha value is -3.67. The fourth-order valence-corrected chi connectivity index (χ4v) is 3.78. The third kappa shape index (κ3) is 3.57. The van der Waals surface area contributed by atoms with Gasteiger partial charge in [-0.15, -0.1) is 0 Å². The van der Waals surface area contributed by atoms with Crippen molar-refractivity contribution < 1.29 is 14.0 Å². The molecule has 5 nitrogen and oxygen atoms in total. The number of nitrogens with two attached hydrogens (primary N) is 1. The van der Waals surface area contributed by atoms with E-state index in [1.54, 1.807) is 12.1 Å². The molecule has 1 unspecified atom stereocenters. The molecule has 1 aliphatic heterocycles. The molecular formula is C23H20FN3O2. The number of fused-ring (bicyclic) bond motifs is 1. The minimum atomic E-state index is -0.402. The Balaban J connectivity index is 1.76. The first-order valence-corrected chi connectivity index (χ1v) is 9.28. The summed E-state index contributed by atoms with van der Waals surface area (Å²) in [6.07, 6.45) is 3.72. The van der Waals surface area contributed by atoms with Crippen molar-refractivity contribution in [1.82, 2.24) is 4.98 Å². The van der Waals surface area contributed by atoms with Gasteiger partial charge >= 0.3 is 0 Å². The summed E-state index contributed by atoms with van der Waals surface area (Å²) in [6.45, 7) is 1.93. The van der Waals surface area contributed by atoms with Crippen LogP contribution in [0.1, 0.15) is 40.3 Å². The molecule has 1 atom stereocenters. The largest absolute Gasteiger partial charge is 0.370 e. The van der Waals surface area contributed by atoms with Crippen LogP contribution < -0.4 is 11.1 Å². The SMILES string of the molecule is Cc1c(C(CC(N)=O)c2ccccc2)c[nH]c1C=C1C(=O)Nc2ccc(F)cc21. The zero-order valence-corrected chi connectivity index (χ0v) is 15.8. The Morgan fingerprint density at radius 3 is 2.69 bits per heavy atom. The lowest BCUT2D eigenvalue weighted by Crippen LogP contribution is -2.16. The van der Waals surface area contributed by atoms with Crippen molar-refractivity contribution in [3.05, 3.63) is 88.5 Å². The van der Waals surface area contributed by atoms with Crippen molar-refractivity contribution >= 4 is 29.2 Å². The first kappa shape index (κ1) is 18.7. The Kier molecular flexibility index (Phi) is 4.76. The molecule has 2 heterocycles. The summed E-state index contributed by atoms with van der Waals surface area (Å²) in [5.74, 6) is -1.27. The number of hydrogen-bond donors (Lipinski definition) is 3. The van der Waals surface area contributed by atoms with E-state index < -0.39 is 5.82 Å². The molecule has 2 amide bonds. The quantitative estimate of drug-likeness (QED) is 0.577. The molecule has 4 rings (SSSR count). The summed E-state index contributed by atoms with van der Waals surface area (Å²) >= 11 is 0. The van der Waals surface area contributed by atoms with Crippen molar-refractivity contribution in [2.75, 3.05) is 5.32 Å². The molecule has 0 aliphatic carbocycles. The molecule has 0 fully saturated rings. The molecule has 2 aromatic carbocycles. The van der Waals surface area contributed by atoms with E-state index >= 15 is 0 Å². The van der Waals surface area contributed by atoms with Gasteiger partial charge in [-0.1, -0.05) is 30.3 Å². The summed E-state index contributed by atoms with van der Waals surface area (Å²) in [4.78, 5) is 27.3. The molecule has 0 saturated carbocycles. The lowest BCUT2D eigenvalue weighted by atomic mass is 9.87. The van der Waals surface area contributed by atoms with Gasteiger partial charge in [-0.25, -0.2) is 4.39 Å². The van der Waals surface area contributed by atoms with Crippen LogP contribution in [-0.4, -0.2) is 16.8 Å². The van der Waals surface area contributed by atoms with Gasteiger partial charge in [0.1, 0.15) is 5.82 Å². The number of carbonyl (C=O) groups excluding carboxylic acids is 2. The number of halogens is 1. The maximum absolute atomic E-state index is 13.7. The summed E-state index contributed by atoms with van der Waals surface area (Å²) in [5.41, 5.74) is 10.6. The van der Waals surface area contributed by atoms with E-state index in [2.05, 4.69) is 10.3 Å². The summed E-state index contributed by atoms with van der Waals surface area (Å²) in [7, 11) is 0. The molecular weight excluding hydrogens is 369 g/mol. The van der Waals surface area contributed by atoms with Crippen LogP contribution in [0.5, 0.6) is 0 Å². The second kappa shape index (κ2) is 7.39. The number of benzene rings is 2. The topological polar surface area (TPSA) is 88.0 Å². The van der Waals surface area contributed by atoms with Gasteiger partial charge in [0.15, 0.2) is 0 Å². The van der Waals surface area contributed by atoms with Crippen molar-refractivity contribution in [3.63, 3.8) is 0 Å². The molecule has 0 spiro atoms. The van der Waals surface area contributed by atoms with Crippen LogP contribution in [0.4, 0.5) is 10.1 Å². The Morgan fingerprint density at radius 1 is 1.21 bits per heavy atom. The van der Waals surface area contributed by atoms with Crippen molar-refractivity contribution in [2.24, 2.45) is 5.73 Å². The predicted octanol–water partition coefficient (Wildman–Crippen LogP) is 3.96. The van der Waals surface area contributed by atoms with Crippen LogP contribution in [0, 0.1) is 12.7 Å². The molecule has 146 valence electrons. The van der Waals surface area contributed by atoms with E-state index in [0.29, 0.717) is 16.8 Å². The van der Waals surface area contributed by atoms with Crippen molar-refractivity contribution in [2.45, 2.75) is 19.3 Å². The molecule has 1 aromatic heterocycles. The maximum atomic E-state index is 13.7. The number of rotatable bonds is 5. The van der Waals surface area contributed by atoms with Crippen LogP contribution in [0.25, 0.3) is 11.6 Å². The van der Waals surface area contributed by atoms with Crippen LogP contribution in [0.3, 0.4) is 0 Å². The molecule has 3 aromatic rings. The lowest BCUT2D eigenvalue weighted by Gasteiger charge is -2.16. The molecule has 29 heavy (non-hydrogen) atoms. The van der Waals surface area contributed by atoms with E-state index in [0.717, 1.165) is 22.4 Å². The molecule has 6 heteroatoms. The number of amides is 2. The first-order valence-electron chi connectivity index (χ1n) is 9.28. The van der Waals surface area contributed by atoms with Gasteiger partial charge in [0.25, 0.3) is 5.91 Å². The van der Waals surface area contributed by atoms with Gasteiger partial charge < -0.3 is 16.0 Å². The Morgan fingerprint density at radius 2 is 1.97 bits per heavy atom. The lowest BCUT2D eigenvalue weighted by molar-refractivity contribution is -0.118. The number of carbonyl (C=O) groups is 2. The standard InChI is InChI=1S/C23H20FN3O2/c1-13-19(16(11-22(25)28)14-5-3-2-4-6-14)12-26-21(13)10-18-17-9-15(24)7-8-20(17)27-23(18)29/h2-10,12,16,26H,11H2,1H3,(H2,25,28)(H,27,29). The van der Waals surface area contributed by atoms with E-state index in [9.17, 15) is 14.0 Å². The number of hydrogen-bond acceptors (Lipinski definition) is 2. The van der Waals surface area contributed by atoms with E-state index in [1.165, 1.54) is 12.1 Å². The number of aromatic amines is 1. The molecule has 0 radical (unpaired) electrons. The van der Waals surface area contributed by atoms with Crippen LogP contribution in [0.15, 0.2) is 54.7 Å². The third-order valence-corrected chi connectivity index (χ3v) is 5.26. The highest BCUT2D eigenvalue weighted by Gasteiger charge is 2.26. The van der Waals surface area contributed by atoms with Gasteiger partial charge in [0.2, 0.25) is 5.91 Å². The minimum absolute atomic E-state index is 0.174. The fraction of sp³-hybridized carbons (Fsp3) is 0.130. The second-order valence-corrected chi connectivity index (χ2v) is 7.12.